The van der Waals surface area contributed by atoms with Crippen LogP contribution in [0.4, 0.5) is 0 Å². The zero-order valence-corrected chi connectivity index (χ0v) is 15.7. The number of benzene rings is 2. The van der Waals surface area contributed by atoms with Gasteiger partial charge in [0.2, 0.25) is 0 Å². The van der Waals surface area contributed by atoms with E-state index in [9.17, 15) is 14.4 Å². The summed E-state index contributed by atoms with van der Waals surface area (Å²) in [5.41, 5.74) is 2.68. The van der Waals surface area contributed by atoms with Crippen molar-refractivity contribution in [3.63, 3.8) is 0 Å². The second kappa shape index (κ2) is 7.94. The Balaban J connectivity index is 1.27. The normalized spacial score (nSPS) is 16.8. The molecule has 3 amide bonds. The zero-order valence-electron chi connectivity index (χ0n) is 15.7. The first-order valence-corrected chi connectivity index (χ1v) is 9.68. The molecule has 144 valence electrons. The molecule has 0 aromatic heterocycles. The lowest BCUT2D eigenvalue weighted by Gasteiger charge is -2.34. The van der Waals surface area contributed by atoms with Crippen molar-refractivity contribution in [3.05, 3.63) is 70.8 Å². The summed E-state index contributed by atoms with van der Waals surface area (Å²) in [4.78, 5) is 40.5. The van der Waals surface area contributed by atoms with E-state index in [4.69, 9.17) is 0 Å². The summed E-state index contributed by atoms with van der Waals surface area (Å²) in [6.45, 7) is 4.07. The molecule has 2 aliphatic heterocycles. The van der Waals surface area contributed by atoms with Gasteiger partial charge in [-0.05, 0) is 43.1 Å². The molecule has 1 fully saturated rings. The highest BCUT2D eigenvalue weighted by Crippen LogP contribution is 2.21. The molecule has 4 rings (SSSR count). The van der Waals surface area contributed by atoms with Crippen molar-refractivity contribution < 1.29 is 14.4 Å². The van der Waals surface area contributed by atoms with Gasteiger partial charge in [0, 0.05) is 31.7 Å². The second-order valence-electron chi connectivity index (χ2n) is 7.23. The Kier molecular flexibility index (Phi) is 5.21. The maximum Gasteiger partial charge on any atom is 0.259 e. The van der Waals surface area contributed by atoms with Gasteiger partial charge in [-0.25, -0.2) is 0 Å². The Morgan fingerprint density at radius 3 is 2.39 bits per heavy atom. The third-order valence-electron chi connectivity index (χ3n) is 5.45. The van der Waals surface area contributed by atoms with Gasteiger partial charge in [-0.15, -0.1) is 0 Å². The molecule has 0 unspecified atom stereocenters. The van der Waals surface area contributed by atoms with Crippen molar-refractivity contribution in [1.82, 2.24) is 15.1 Å². The summed E-state index contributed by atoms with van der Waals surface area (Å²) in [5.74, 6) is -0.500. The minimum Gasteiger partial charge on any atom is -0.336 e. The summed E-state index contributed by atoms with van der Waals surface area (Å²) < 4.78 is 0. The lowest BCUT2D eigenvalue weighted by Crippen LogP contribution is -2.48. The van der Waals surface area contributed by atoms with E-state index < -0.39 is 0 Å². The Bertz CT molecular complexity index is 902. The van der Waals surface area contributed by atoms with Gasteiger partial charge in [0.15, 0.2) is 0 Å². The maximum absolute atomic E-state index is 12.5. The van der Waals surface area contributed by atoms with Crippen molar-refractivity contribution in [2.24, 2.45) is 0 Å². The van der Waals surface area contributed by atoms with Crippen molar-refractivity contribution in [2.75, 3.05) is 32.7 Å². The number of aryl methyl sites for hydroxylation is 1. The fraction of sp³-hybridized carbons (Fsp3) is 0.318. The molecule has 2 aromatic rings. The van der Waals surface area contributed by atoms with Crippen molar-refractivity contribution in [2.45, 2.75) is 12.8 Å². The third-order valence-corrected chi connectivity index (χ3v) is 5.45. The number of nitrogens with one attached hydrogen (secondary N) is 1. The number of amides is 3. The molecule has 0 bridgehead atoms. The van der Waals surface area contributed by atoms with Gasteiger partial charge < -0.3 is 4.90 Å². The Hall–Kier alpha value is -2.99. The number of fused-ring (bicyclic) bond motifs is 1. The fourth-order valence-corrected chi connectivity index (χ4v) is 3.93. The first kappa shape index (κ1) is 18.4. The van der Waals surface area contributed by atoms with Crippen LogP contribution in [-0.2, 0) is 6.42 Å². The topological polar surface area (TPSA) is 69.7 Å². The van der Waals surface area contributed by atoms with Crippen molar-refractivity contribution in [1.29, 1.82) is 0 Å². The van der Waals surface area contributed by atoms with Crippen molar-refractivity contribution >= 4 is 17.7 Å². The number of hydrogen-bond donors (Lipinski definition) is 1. The molecule has 6 heteroatoms. The molecule has 1 N–H and O–H groups in total. The minimum absolute atomic E-state index is 0.0933. The summed E-state index contributed by atoms with van der Waals surface area (Å²) in [7, 11) is 0. The first-order chi connectivity index (χ1) is 13.6. The highest BCUT2D eigenvalue weighted by molar-refractivity contribution is 6.22. The third kappa shape index (κ3) is 3.68. The Morgan fingerprint density at radius 1 is 0.893 bits per heavy atom. The maximum atomic E-state index is 12.5. The van der Waals surface area contributed by atoms with Gasteiger partial charge in [0.05, 0.1) is 11.1 Å². The van der Waals surface area contributed by atoms with Gasteiger partial charge in [0.25, 0.3) is 17.7 Å². The standard InChI is InChI=1S/C22H23N3O3/c26-20-18-10-4-8-16(19(18)21(27)23-20)9-5-11-24-12-14-25(15-13-24)22(28)17-6-2-1-3-7-17/h1-4,6-8,10H,5,9,11-15H2,(H,23,26,27). The fourth-order valence-electron chi connectivity index (χ4n) is 3.93. The molecule has 2 heterocycles. The van der Waals surface area contributed by atoms with Crippen LogP contribution in [0.15, 0.2) is 48.5 Å². The molecule has 0 aliphatic carbocycles. The lowest BCUT2D eigenvalue weighted by atomic mass is 9.99. The summed E-state index contributed by atoms with van der Waals surface area (Å²) in [5, 5.41) is 2.37. The van der Waals surface area contributed by atoms with E-state index in [-0.39, 0.29) is 17.7 Å². The van der Waals surface area contributed by atoms with Gasteiger partial charge in [0.1, 0.15) is 0 Å². The first-order valence-electron chi connectivity index (χ1n) is 9.68. The summed E-state index contributed by atoms with van der Waals surface area (Å²) in [6, 6.07) is 14.9. The molecule has 0 radical (unpaired) electrons. The molecule has 2 aliphatic rings. The molecular weight excluding hydrogens is 354 g/mol. The smallest absolute Gasteiger partial charge is 0.259 e. The van der Waals surface area contributed by atoms with E-state index in [2.05, 4.69) is 10.2 Å². The van der Waals surface area contributed by atoms with Gasteiger partial charge >= 0.3 is 0 Å². The number of carbonyl (C=O) groups excluding carboxylic acids is 3. The van der Waals surface area contributed by atoms with Crippen LogP contribution in [0.3, 0.4) is 0 Å². The monoisotopic (exact) mass is 377 g/mol. The molecule has 6 nitrogen and oxygen atoms in total. The van der Waals surface area contributed by atoms with Crippen LogP contribution in [-0.4, -0.2) is 60.2 Å². The number of imide groups is 1. The predicted octanol–water partition coefficient (Wildman–Crippen LogP) is 1.96. The van der Waals surface area contributed by atoms with E-state index in [1.165, 1.54) is 0 Å². The van der Waals surface area contributed by atoms with Crippen LogP contribution in [0.25, 0.3) is 0 Å². The van der Waals surface area contributed by atoms with Gasteiger partial charge in [-0.1, -0.05) is 30.3 Å². The van der Waals surface area contributed by atoms with Crippen LogP contribution in [0.2, 0.25) is 0 Å². The Morgan fingerprint density at radius 2 is 1.64 bits per heavy atom. The van der Waals surface area contributed by atoms with E-state index in [1.807, 2.05) is 47.4 Å². The summed E-state index contributed by atoms with van der Waals surface area (Å²) >= 11 is 0. The van der Waals surface area contributed by atoms with E-state index >= 15 is 0 Å². The van der Waals surface area contributed by atoms with Crippen LogP contribution < -0.4 is 5.32 Å². The second-order valence-corrected chi connectivity index (χ2v) is 7.23. The molecule has 2 aromatic carbocycles. The van der Waals surface area contributed by atoms with Crippen LogP contribution in [0, 0.1) is 0 Å². The average molecular weight is 377 g/mol. The predicted molar refractivity (Wildman–Crippen MR) is 105 cm³/mol. The van der Waals surface area contributed by atoms with E-state index in [0.717, 1.165) is 56.7 Å². The minimum atomic E-state index is -0.305. The van der Waals surface area contributed by atoms with Crippen LogP contribution in [0.5, 0.6) is 0 Å². The number of nitrogens with zero attached hydrogens (tertiary/aromatic N) is 2. The SMILES string of the molecule is O=C1NC(=O)c2c(CCCN3CCN(C(=O)c4ccccc4)CC3)cccc21. The number of rotatable bonds is 5. The molecule has 0 saturated carbocycles. The highest BCUT2D eigenvalue weighted by Gasteiger charge is 2.29. The van der Waals surface area contributed by atoms with Crippen LogP contribution in [0.1, 0.15) is 43.1 Å². The highest BCUT2D eigenvalue weighted by atomic mass is 16.2. The number of piperazine rings is 1. The van der Waals surface area contributed by atoms with E-state index in [1.54, 1.807) is 6.07 Å². The largest absolute Gasteiger partial charge is 0.336 e. The molecule has 1 saturated heterocycles. The number of carbonyl (C=O) groups is 3. The van der Waals surface area contributed by atoms with E-state index in [0.29, 0.717) is 11.1 Å². The Labute approximate surface area is 164 Å². The van der Waals surface area contributed by atoms with Gasteiger partial charge in [-0.3, -0.25) is 24.6 Å². The quantitative estimate of drug-likeness (QED) is 0.809. The number of hydrogen-bond acceptors (Lipinski definition) is 4. The summed E-state index contributed by atoms with van der Waals surface area (Å²) in [6.07, 6.45) is 1.66. The van der Waals surface area contributed by atoms with Crippen molar-refractivity contribution in [3.8, 4) is 0 Å². The lowest BCUT2D eigenvalue weighted by molar-refractivity contribution is 0.0636. The molecular formula is C22H23N3O3. The zero-order chi connectivity index (χ0) is 19.5. The van der Waals surface area contributed by atoms with Crippen LogP contribution >= 0.6 is 0 Å². The average Bonchev–Trinajstić information content (AvgIpc) is 3.03. The molecule has 28 heavy (non-hydrogen) atoms. The molecule has 0 atom stereocenters. The molecule has 0 spiro atoms. The van der Waals surface area contributed by atoms with Gasteiger partial charge in [-0.2, -0.15) is 0 Å².